The van der Waals surface area contributed by atoms with Crippen LogP contribution in [-0.4, -0.2) is 256 Å². The predicted octanol–water partition coefficient (Wildman–Crippen LogP) is -3.84. The standard InChI is InChI=1S/C89H122N22O20S/c1-49-15-13-19-60-58(46-98-75(49)60)43-67-82(124)101-62(27-29-71(92)115)78(120)107-70(48-132-38-31-64(99-52(4)114)79(121)100-63(28-30-72(93)116)80(122)109-76(50(2)112)86(128)105-67)84(126)102-65(40-53-22-25-59(26-23-53)131-37-34-91)81(123)103-66(41-54-21-24-56-17-7-8-18-57(56)39-54)85(127)110-89(5,32-10-11-33-90)88(130)108-61(20-9-12-36-97-51(3)113)77(119)104-68(44-73(94)117)83(125)106-69(42-55-16-14-35-96-45-55)87(129)111(6)47-74(95)118/h7-8,13-19,21-26,35,39,45-46,50,61-70,76,98,112H,9-12,20,27-34,36-38,40-44,47-48,90-91H2,1-6H3,(H2,92,115)(H2,93,116)(H2,94,117)(H2,95,118)(H,97,113)(H,99,114)(H,100,121)(H,101,124)(H,102,126)(H,103,123)(H,104,119)(H,105,128)(H,106,125)(H,107,120)(H,108,130)(H,109,122)(H,110,127)/t50-,61+,62+,63+,64+,65+,66+,67+,68+,69+,70+,76+,89?/m1/s1. The molecule has 1 unspecified atom stereocenters. The molecule has 2 aromatic heterocycles. The topological polar surface area (TPSA) is 681 Å². The number of aryl methyl sites for hydroxylation is 1. The first-order valence-corrected chi connectivity index (χ1v) is 44.5. The molecule has 42 nitrogen and oxygen atoms in total. The highest BCUT2D eigenvalue weighted by Gasteiger charge is 2.43. The number of pyridine rings is 1. The molecule has 0 bridgehead atoms. The third-order valence-corrected chi connectivity index (χ3v) is 22.8. The van der Waals surface area contributed by atoms with E-state index >= 15 is 28.8 Å². The van der Waals surface area contributed by atoms with E-state index < -0.39 is 229 Å². The number of H-pyrrole nitrogens is 1. The number of fused-ring (bicyclic) bond motifs is 2. The Kier molecular flexibility index (Phi) is 41.7. The number of nitrogens with one attached hydrogen (secondary N) is 14. The number of likely N-dealkylation sites (N-methyl/N-ethyl adjacent to an activating group) is 1. The van der Waals surface area contributed by atoms with Gasteiger partial charge in [-0.2, -0.15) is 11.8 Å². The number of aliphatic hydroxyl groups is 1. The Labute approximate surface area is 766 Å². The lowest BCUT2D eigenvalue weighted by molar-refractivity contribution is -0.139. The molecule has 1 fully saturated rings. The molecule has 1 saturated heterocycles. The number of primary amides is 4. The average Bonchev–Trinajstić information content (AvgIpc) is 1.71. The quantitative estimate of drug-likeness (QED) is 0.0163. The Hall–Kier alpha value is -13.7. The number of amides is 18. The van der Waals surface area contributed by atoms with Crippen LogP contribution in [-0.2, 0) is 112 Å². The fourth-order valence-corrected chi connectivity index (χ4v) is 15.7. The molecule has 18 amide bonds. The van der Waals surface area contributed by atoms with E-state index in [0.29, 0.717) is 44.3 Å². The summed E-state index contributed by atoms with van der Waals surface area (Å²) in [6, 6.07) is 8.48. The summed E-state index contributed by atoms with van der Waals surface area (Å²) >= 11 is 0.922. The molecule has 13 atom stereocenters. The second-order valence-electron chi connectivity index (χ2n) is 32.7. The zero-order valence-corrected chi connectivity index (χ0v) is 75.4. The highest BCUT2D eigenvalue weighted by Crippen LogP contribution is 2.26. The largest absolute Gasteiger partial charge is 0.492 e. The van der Waals surface area contributed by atoms with Crippen LogP contribution in [0.15, 0.2) is 116 Å². The fraction of sp³-hybridized carbons (Fsp3) is 0.472. The minimum absolute atomic E-state index is 0.0975. The first-order chi connectivity index (χ1) is 62.7. The minimum atomic E-state index is -2.06. The summed E-state index contributed by atoms with van der Waals surface area (Å²) in [6.45, 7) is 6.60. The number of thioether (sulfide) groups is 1. The number of aromatic nitrogens is 2. The number of aromatic amines is 1. The van der Waals surface area contributed by atoms with Gasteiger partial charge in [-0.05, 0) is 148 Å². The van der Waals surface area contributed by atoms with Crippen LogP contribution in [0.5, 0.6) is 5.75 Å². The highest BCUT2D eigenvalue weighted by atomic mass is 32.2. The van der Waals surface area contributed by atoms with Gasteiger partial charge in [-0.3, -0.25) is 91.3 Å². The summed E-state index contributed by atoms with van der Waals surface area (Å²) in [7, 11) is 1.26. The SMILES string of the molecule is CC(=O)NCCCC[C@H](NC(=O)C(C)(CCCCN)NC(=O)[C@H](Cc1ccc2ccccc2c1)NC(=O)[C@H](Cc1ccc(OCCN)cc1)NC(=O)[C@@H]1CSCC[C@H](NC(C)=O)C(=O)N[C@@H](CCC(N)=O)C(=O)N[C@@H]([C@@H](C)O)C(=O)N[C@@H](Cc2c[nH]c3c(C)cccc23)C(=O)N[C@@H](CCC(N)=O)C(=O)N1)C(=O)N[C@@H](CC(N)=O)C(=O)N[C@@H](Cc1cccnc1)C(=O)N(C)CC(N)=O. The third-order valence-electron chi connectivity index (χ3n) is 21.7. The Balaban J connectivity index is 1.31. The van der Waals surface area contributed by atoms with E-state index in [0.717, 1.165) is 41.5 Å². The van der Waals surface area contributed by atoms with E-state index in [2.05, 4.69) is 79.1 Å². The van der Waals surface area contributed by atoms with Crippen molar-refractivity contribution in [2.24, 2.45) is 34.4 Å². The Bertz CT molecular complexity index is 5080. The number of hydrogen-bond donors (Lipinski definition) is 21. The van der Waals surface area contributed by atoms with Gasteiger partial charge in [0.25, 0.3) is 0 Å². The summed E-state index contributed by atoms with van der Waals surface area (Å²) in [5, 5.41) is 47.4. The molecule has 6 aromatic rings. The maximum atomic E-state index is 15.9. The van der Waals surface area contributed by atoms with E-state index in [1.165, 1.54) is 33.3 Å². The number of carbonyl (C=O) groups is 18. The van der Waals surface area contributed by atoms with Crippen LogP contribution in [0.3, 0.4) is 0 Å². The van der Waals surface area contributed by atoms with Gasteiger partial charge in [0.2, 0.25) is 106 Å². The van der Waals surface area contributed by atoms with Gasteiger partial charge in [-0.25, -0.2) is 0 Å². The first-order valence-electron chi connectivity index (χ1n) is 43.3. The van der Waals surface area contributed by atoms with E-state index in [9.17, 15) is 62.6 Å². The summed E-state index contributed by atoms with van der Waals surface area (Å²) in [5.74, 6) is -17.8. The summed E-state index contributed by atoms with van der Waals surface area (Å²) < 4.78 is 5.76. The van der Waals surface area contributed by atoms with Crippen molar-refractivity contribution in [3.8, 4) is 5.75 Å². The van der Waals surface area contributed by atoms with Gasteiger partial charge < -0.3 is 123 Å². The van der Waals surface area contributed by atoms with Crippen molar-refractivity contribution in [3.05, 3.63) is 143 Å². The lowest BCUT2D eigenvalue weighted by Gasteiger charge is -2.34. The molecular weight excluding hydrogens is 1730 g/mol. The number of nitrogens with two attached hydrogens (primary N) is 6. The van der Waals surface area contributed by atoms with E-state index in [1.54, 1.807) is 85.1 Å². The van der Waals surface area contributed by atoms with Crippen LogP contribution in [0.1, 0.15) is 133 Å². The van der Waals surface area contributed by atoms with Crippen LogP contribution < -0.4 is 108 Å². The van der Waals surface area contributed by atoms with Crippen LogP contribution in [0.4, 0.5) is 0 Å². The number of ether oxygens (including phenoxy) is 1. The molecule has 0 radical (unpaired) electrons. The minimum Gasteiger partial charge on any atom is -0.492 e. The zero-order valence-electron chi connectivity index (χ0n) is 74.6. The Morgan fingerprint density at radius 3 is 1.86 bits per heavy atom. The van der Waals surface area contributed by atoms with Gasteiger partial charge in [-0.15, -0.1) is 0 Å². The number of nitrogens with zero attached hydrogens (tertiary/aromatic N) is 2. The van der Waals surface area contributed by atoms with Crippen LogP contribution in [0.25, 0.3) is 21.7 Å². The van der Waals surface area contributed by atoms with Crippen molar-refractivity contribution < 1.29 is 96.1 Å². The van der Waals surface area contributed by atoms with Gasteiger partial charge in [0.1, 0.15) is 84.4 Å². The molecule has 7 rings (SSSR count). The number of aliphatic hydroxyl groups excluding tert-OH is 1. The van der Waals surface area contributed by atoms with Crippen LogP contribution >= 0.6 is 11.8 Å². The Morgan fingerprint density at radius 1 is 0.606 bits per heavy atom. The van der Waals surface area contributed by atoms with Gasteiger partial charge >= 0.3 is 0 Å². The van der Waals surface area contributed by atoms with E-state index in [-0.39, 0.29) is 102 Å². The smallest absolute Gasteiger partial charge is 0.246 e. The van der Waals surface area contributed by atoms with E-state index in [1.807, 2.05) is 25.1 Å². The van der Waals surface area contributed by atoms with Crippen molar-refractivity contribution in [2.75, 3.05) is 51.3 Å². The maximum Gasteiger partial charge on any atom is 0.246 e. The lowest BCUT2D eigenvalue weighted by Crippen LogP contribution is -2.64. The number of rotatable bonds is 45. The fourth-order valence-electron chi connectivity index (χ4n) is 14.6. The average molecular weight is 1850 g/mol. The predicted molar refractivity (Wildman–Crippen MR) is 487 cm³/mol. The number of para-hydroxylation sites is 1. The monoisotopic (exact) mass is 1850 g/mol. The van der Waals surface area contributed by atoms with Crippen LogP contribution in [0, 0.1) is 6.92 Å². The highest BCUT2D eigenvalue weighted by molar-refractivity contribution is 7.99. The van der Waals surface area contributed by atoms with Crippen molar-refractivity contribution in [2.45, 2.75) is 215 Å². The molecular formula is C89H122N22O20S. The number of benzene rings is 4. The van der Waals surface area contributed by atoms with Gasteiger partial charge in [0.15, 0.2) is 0 Å². The molecule has 1 aliphatic rings. The van der Waals surface area contributed by atoms with Crippen molar-refractivity contribution in [3.63, 3.8) is 0 Å². The van der Waals surface area contributed by atoms with E-state index in [4.69, 9.17) is 39.1 Å². The number of hydrogen-bond acceptors (Lipinski definition) is 24. The van der Waals surface area contributed by atoms with Crippen LogP contribution in [0.2, 0.25) is 0 Å². The molecule has 714 valence electrons. The Morgan fingerprint density at radius 2 is 1.22 bits per heavy atom. The molecule has 4 aromatic carbocycles. The molecule has 1 aliphatic heterocycles. The summed E-state index contributed by atoms with van der Waals surface area (Å²) in [5.41, 5.74) is 35.2. The summed E-state index contributed by atoms with van der Waals surface area (Å²) in [4.78, 5) is 263. The number of carbonyl (C=O) groups excluding carboxylic acids is 18. The van der Waals surface area contributed by atoms with Gasteiger partial charge in [0.05, 0.1) is 19.1 Å². The molecule has 43 heteroatoms. The van der Waals surface area contributed by atoms with Crippen molar-refractivity contribution in [1.82, 2.24) is 84.0 Å². The lowest BCUT2D eigenvalue weighted by atomic mass is 9.91. The molecule has 0 saturated carbocycles. The second-order valence-corrected chi connectivity index (χ2v) is 33.8. The maximum absolute atomic E-state index is 15.9. The molecule has 132 heavy (non-hydrogen) atoms. The second kappa shape index (κ2) is 52.2. The first kappa shape index (κ1) is 105. The normalized spacial score (nSPS) is 18.2. The zero-order chi connectivity index (χ0) is 96.9. The third kappa shape index (κ3) is 34.0. The number of unbranched alkanes of at least 4 members (excludes halogenated alkanes) is 2. The van der Waals surface area contributed by atoms with Gasteiger partial charge in [0, 0.05) is 108 Å². The van der Waals surface area contributed by atoms with Crippen molar-refractivity contribution in [1.29, 1.82) is 0 Å². The molecule has 3 heterocycles. The molecule has 27 N–H and O–H groups in total. The summed E-state index contributed by atoms with van der Waals surface area (Å²) in [6.07, 6.45) is -1.45. The van der Waals surface area contributed by atoms with Gasteiger partial charge in [-0.1, -0.05) is 78.9 Å². The van der Waals surface area contributed by atoms with Crippen molar-refractivity contribution >= 4 is 140 Å². The molecule has 0 aliphatic carbocycles. The molecule has 0 spiro atoms.